The summed E-state index contributed by atoms with van der Waals surface area (Å²) in [6, 6.07) is 4.99. The monoisotopic (exact) mass is 283 g/mol. The average molecular weight is 284 g/mol. The molecule has 1 heterocycles. The number of benzene rings is 1. The van der Waals surface area contributed by atoms with E-state index in [1.807, 2.05) is 20.8 Å². The summed E-state index contributed by atoms with van der Waals surface area (Å²) < 4.78 is 5.60. The number of nitrogens with two attached hydrogens (primary N) is 1. The van der Waals surface area contributed by atoms with Crippen LogP contribution in [0.4, 0.5) is 0 Å². The lowest BCUT2D eigenvalue weighted by Crippen LogP contribution is -2.14. The van der Waals surface area contributed by atoms with Gasteiger partial charge >= 0.3 is 0 Å². The van der Waals surface area contributed by atoms with Crippen molar-refractivity contribution in [3.05, 3.63) is 56.5 Å². The van der Waals surface area contributed by atoms with Crippen LogP contribution in [0.1, 0.15) is 34.3 Å². The van der Waals surface area contributed by atoms with Crippen molar-refractivity contribution in [2.24, 2.45) is 5.73 Å². The summed E-state index contributed by atoms with van der Waals surface area (Å²) in [5, 5.41) is 1.24. The van der Waals surface area contributed by atoms with Gasteiger partial charge in [-0.25, -0.2) is 0 Å². The summed E-state index contributed by atoms with van der Waals surface area (Å²) in [5.41, 5.74) is 9.16. The maximum atomic E-state index is 6.30. The minimum atomic E-state index is -0.325. The highest BCUT2D eigenvalue weighted by molar-refractivity contribution is 6.33. The molecular weight excluding hydrogens is 269 g/mol. The smallest absolute Gasteiger partial charge is 0.106 e. The molecule has 96 valence electrons. The highest BCUT2D eigenvalue weighted by Gasteiger charge is 2.21. The Labute approximate surface area is 117 Å². The fourth-order valence-electron chi connectivity index (χ4n) is 2.18. The molecule has 2 aromatic rings. The fraction of sp³-hybridized carbons (Fsp3) is 0.286. The molecule has 2 N–H and O–H groups in total. The third-order valence-corrected chi connectivity index (χ3v) is 3.80. The molecule has 0 saturated carbocycles. The van der Waals surface area contributed by atoms with Crippen LogP contribution in [-0.4, -0.2) is 0 Å². The van der Waals surface area contributed by atoms with Gasteiger partial charge in [0.25, 0.3) is 0 Å². The molecule has 1 unspecified atom stereocenters. The largest absolute Gasteiger partial charge is 0.466 e. The van der Waals surface area contributed by atoms with Gasteiger partial charge in [0.1, 0.15) is 11.5 Å². The second-order valence-corrected chi connectivity index (χ2v) is 5.24. The van der Waals surface area contributed by atoms with Gasteiger partial charge in [-0.15, -0.1) is 0 Å². The highest BCUT2D eigenvalue weighted by atomic mass is 35.5. The zero-order chi connectivity index (χ0) is 13.4. The molecule has 2 rings (SSSR count). The number of furan rings is 1. The molecule has 0 bridgehead atoms. The molecule has 0 aliphatic heterocycles. The Kier molecular flexibility index (Phi) is 3.71. The summed E-state index contributed by atoms with van der Waals surface area (Å²) in [4.78, 5) is 0. The average Bonchev–Trinajstić information content (AvgIpc) is 2.56. The van der Waals surface area contributed by atoms with Crippen LogP contribution >= 0.6 is 23.2 Å². The van der Waals surface area contributed by atoms with Gasteiger partial charge in [-0.3, -0.25) is 0 Å². The molecule has 0 radical (unpaired) electrons. The van der Waals surface area contributed by atoms with Crippen LogP contribution in [0.5, 0.6) is 0 Å². The third-order valence-electron chi connectivity index (χ3n) is 3.22. The first-order valence-electron chi connectivity index (χ1n) is 5.68. The number of rotatable bonds is 2. The van der Waals surface area contributed by atoms with E-state index in [0.29, 0.717) is 10.0 Å². The fourth-order valence-corrected chi connectivity index (χ4v) is 2.59. The Morgan fingerprint density at radius 2 is 1.78 bits per heavy atom. The second-order valence-electron chi connectivity index (χ2n) is 4.40. The van der Waals surface area contributed by atoms with E-state index in [1.165, 1.54) is 0 Å². The van der Waals surface area contributed by atoms with Gasteiger partial charge in [-0.1, -0.05) is 23.2 Å². The molecule has 0 aliphatic carbocycles. The molecule has 4 heteroatoms. The molecule has 18 heavy (non-hydrogen) atoms. The molecule has 0 amide bonds. The first kappa shape index (κ1) is 13.5. The van der Waals surface area contributed by atoms with Crippen molar-refractivity contribution in [1.82, 2.24) is 0 Å². The number of aryl methyl sites for hydroxylation is 2. The molecule has 0 aliphatic rings. The van der Waals surface area contributed by atoms with Crippen molar-refractivity contribution >= 4 is 23.2 Å². The van der Waals surface area contributed by atoms with Crippen LogP contribution < -0.4 is 5.73 Å². The van der Waals surface area contributed by atoms with Gasteiger partial charge in [0.05, 0.1) is 6.04 Å². The second kappa shape index (κ2) is 4.96. The topological polar surface area (TPSA) is 39.2 Å². The first-order chi connectivity index (χ1) is 8.41. The predicted molar refractivity (Wildman–Crippen MR) is 75.4 cm³/mol. The molecule has 1 atom stereocenters. The lowest BCUT2D eigenvalue weighted by Gasteiger charge is -2.15. The highest BCUT2D eigenvalue weighted by Crippen LogP contribution is 2.34. The minimum Gasteiger partial charge on any atom is -0.466 e. The molecule has 1 aromatic carbocycles. The Bertz CT molecular complexity index is 590. The van der Waals surface area contributed by atoms with Crippen LogP contribution in [0.2, 0.25) is 10.0 Å². The van der Waals surface area contributed by atoms with Crippen molar-refractivity contribution in [3.8, 4) is 0 Å². The van der Waals surface area contributed by atoms with E-state index in [-0.39, 0.29) is 6.04 Å². The number of halogens is 2. The summed E-state index contributed by atoms with van der Waals surface area (Å²) in [5.74, 6) is 1.71. The van der Waals surface area contributed by atoms with Crippen LogP contribution in [0.15, 0.2) is 22.6 Å². The Balaban J connectivity index is 2.54. The third kappa shape index (κ3) is 2.28. The SMILES string of the molecule is Cc1oc(C)c(C(N)c2cc(Cl)ccc2Cl)c1C. The first-order valence-corrected chi connectivity index (χ1v) is 6.44. The quantitative estimate of drug-likeness (QED) is 0.878. The molecule has 0 saturated heterocycles. The van der Waals surface area contributed by atoms with Crippen LogP contribution in [0.3, 0.4) is 0 Å². The van der Waals surface area contributed by atoms with Crippen LogP contribution in [0.25, 0.3) is 0 Å². The zero-order valence-corrected chi connectivity index (χ0v) is 12.1. The van der Waals surface area contributed by atoms with Crippen LogP contribution in [0, 0.1) is 20.8 Å². The van der Waals surface area contributed by atoms with E-state index < -0.39 is 0 Å². The van der Waals surface area contributed by atoms with Gasteiger partial charge in [0.15, 0.2) is 0 Å². The molecule has 0 fully saturated rings. The summed E-state index contributed by atoms with van der Waals surface area (Å²) in [7, 11) is 0. The van der Waals surface area contributed by atoms with E-state index in [0.717, 1.165) is 28.2 Å². The molecule has 0 spiro atoms. The number of hydrogen-bond donors (Lipinski definition) is 1. The Hall–Kier alpha value is -0.960. The maximum Gasteiger partial charge on any atom is 0.106 e. The van der Waals surface area contributed by atoms with Gasteiger partial charge < -0.3 is 10.2 Å². The molecule has 1 aromatic heterocycles. The standard InChI is InChI=1S/C14H15Cl2NO/c1-7-8(2)18-9(3)13(7)14(17)11-6-10(15)4-5-12(11)16/h4-6,14H,17H2,1-3H3. The van der Waals surface area contributed by atoms with Crippen molar-refractivity contribution in [1.29, 1.82) is 0 Å². The zero-order valence-electron chi connectivity index (χ0n) is 10.6. The van der Waals surface area contributed by atoms with Crippen LogP contribution in [-0.2, 0) is 0 Å². The number of hydrogen-bond acceptors (Lipinski definition) is 2. The van der Waals surface area contributed by atoms with Gasteiger partial charge in [0, 0.05) is 15.6 Å². The van der Waals surface area contributed by atoms with Crippen molar-refractivity contribution in [3.63, 3.8) is 0 Å². The van der Waals surface area contributed by atoms with Crippen molar-refractivity contribution < 1.29 is 4.42 Å². The normalized spacial score (nSPS) is 12.8. The Morgan fingerprint density at radius 1 is 1.11 bits per heavy atom. The predicted octanol–water partition coefficient (Wildman–Crippen LogP) is 4.56. The van der Waals surface area contributed by atoms with Gasteiger partial charge in [-0.2, -0.15) is 0 Å². The summed E-state index contributed by atoms with van der Waals surface area (Å²) >= 11 is 12.2. The lowest BCUT2D eigenvalue weighted by atomic mass is 9.96. The van der Waals surface area contributed by atoms with E-state index in [4.69, 9.17) is 33.4 Å². The van der Waals surface area contributed by atoms with E-state index in [9.17, 15) is 0 Å². The van der Waals surface area contributed by atoms with Crippen molar-refractivity contribution in [2.45, 2.75) is 26.8 Å². The van der Waals surface area contributed by atoms with E-state index in [1.54, 1.807) is 18.2 Å². The van der Waals surface area contributed by atoms with Gasteiger partial charge in [0.2, 0.25) is 0 Å². The minimum absolute atomic E-state index is 0.325. The Morgan fingerprint density at radius 3 is 2.33 bits per heavy atom. The summed E-state index contributed by atoms with van der Waals surface area (Å²) in [6.45, 7) is 5.84. The molecular formula is C14H15Cl2NO. The van der Waals surface area contributed by atoms with Gasteiger partial charge in [-0.05, 0) is 50.1 Å². The van der Waals surface area contributed by atoms with E-state index >= 15 is 0 Å². The van der Waals surface area contributed by atoms with E-state index in [2.05, 4.69) is 0 Å². The maximum absolute atomic E-state index is 6.30. The summed E-state index contributed by atoms with van der Waals surface area (Å²) in [6.07, 6.45) is 0. The van der Waals surface area contributed by atoms with Crippen molar-refractivity contribution in [2.75, 3.05) is 0 Å². The lowest BCUT2D eigenvalue weighted by molar-refractivity contribution is 0.498. The molecule has 2 nitrogen and oxygen atoms in total.